The highest BCUT2D eigenvalue weighted by Crippen LogP contribution is 2.62. The molecule has 0 saturated carbocycles. The van der Waals surface area contributed by atoms with Crippen LogP contribution in [0.5, 0.6) is 0 Å². The second-order valence-electron chi connectivity index (χ2n) is 10.8. The van der Waals surface area contributed by atoms with Crippen molar-refractivity contribution in [2.75, 3.05) is 12.3 Å². The van der Waals surface area contributed by atoms with Crippen LogP contribution in [0.1, 0.15) is 0 Å². The monoisotopic (exact) mass is 934 g/mol. The zero-order chi connectivity index (χ0) is 36.1. The van der Waals surface area contributed by atoms with Crippen LogP contribution >= 0.6 is 14.5 Å². The van der Waals surface area contributed by atoms with E-state index in [1.54, 1.807) is 0 Å². The minimum absolute atomic E-state index is 1.08. The van der Waals surface area contributed by atoms with Crippen LogP contribution in [0.4, 0.5) is 0 Å². The maximum absolute atomic E-state index is 8.62. The highest BCUT2D eigenvalue weighted by Gasteiger charge is 2.52. The molecule has 0 aliphatic carbocycles. The number of benzene rings is 6. The van der Waals surface area contributed by atoms with Crippen molar-refractivity contribution >= 4 is 46.4 Å². The van der Waals surface area contributed by atoms with E-state index < -0.39 is 54.7 Å². The van der Waals surface area contributed by atoms with Crippen molar-refractivity contribution in [1.29, 1.82) is 0 Å². The Hall–Kier alpha value is -2.68. The van der Waals surface area contributed by atoms with Gasteiger partial charge in [0.25, 0.3) is 0 Å². The Kier molecular flexibility index (Phi) is 15.0. The molecule has 0 N–H and O–H groups in total. The van der Waals surface area contributed by atoms with Crippen molar-refractivity contribution in [1.82, 2.24) is 0 Å². The summed E-state index contributed by atoms with van der Waals surface area (Å²) in [7, 11) is -3.97. The predicted molar refractivity (Wildman–Crippen MR) is 180 cm³/mol. The molecule has 50 heavy (non-hydrogen) atoms. The van der Waals surface area contributed by atoms with Gasteiger partial charge in [0.05, 0.1) is 0 Å². The number of rotatable bonds is 9. The van der Waals surface area contributed by atoms with E-state index in [1.165, 1.54) is 31.8 Å². The Labute approximate surface area is 306 Å². The minimum atomic E-state index is -5.94. The molecule has 0 atom stereocenters. The van der Waals surface area contributed by atoms with Gasteiger partial charge in [-0.3, -0.25) is 27.5 Å². The number of hydrogen-bond donors (Lipinski definition) is 0. The van der Waals surface area contributed by atoms with E-state index in [2.05, 4.69) is 182 Å². The Morgan fingerprint density at radius 1 is 0.260 bits per heavy atom. The maximum atomic E-state index is 8.62. The quantitative estimate of drug-likeness (QED) is 0.101. The van der Waals surface area contributed by atoms with Gasteiger partial charge < -0.3 is 0 Å². The Morgan fingerprint density at radius 2 is 0.380 bits per heavy atom. The van der Waals surface area contributed by atoms with Crippen molar-refractivity contribution < 1.29 is 67.7 Å². The van der Waals surface area contributed by atoms with Crippen LogP contribution in [0, 0.1) is 0 Å². The van der Waals surface area contributed by atoms with Crippen molar-refractivity contribution in [3.8, 4) is 0 Å². The first kappa shape index (κ1) is 40.1. The van der Waals surface area contributed by atoms with Gasteiger partial charge in [-0.25, -0.2) is 0 Å². The third kappa shape index (κ3) is 11.4. The fraction of sp³-hybridized carbons (Fsp3) is 0.0526. The third-order valence-corrected chi connectivity index (χ3v) is 17.2. The molecule has 8 nitrogen and oxygen atoms in total. The molecule has 6 aromatic carbocycles. The average Bonchev–Trinajstić information content (AvgIpc) is 3.11. The SMILES string of the molecule is [O-][I+3]([O-])([O-])[O-].[O-][I+3]([O-])([O-])[O-].c1ccc([P+](CC[P+](c2ccccc2)(c2ccccc2)c2ccccc2)(c2ccccc2)c2ccccc2)cc1. The van der Waals surface area contributed by atoms with Gasteiger partial charge in [0, 0.05) is 0 Å². The highest BCUT2D eigenvalue weighted by molar-refractivity contribution is 7.99. The highest BCUT2D eigenvalue weighted by atomic mass is 127. The largest absolute Gasteiger partial charge is 0.286 e. The molecule has 6 rings (SSSR count). The van der Waals surface area contributed by atoms with Gasteiger partial charge >= 0.3 is 0 Å². The van der Waals surface area contributed by atoms with Crippen LogP contribution in [0.3, 0.4) is 0 Å². The summed E-state index contributed by atoms with van der Waals surface area (Å²) in [5.74, 6) is 0. The summed E-state index contributed by atoms with van der Waals surface area (Å²) in [6, 6.07) is 67.8. The molecule has 0 aliphatic rings. The molecular weight excluding hydrogens is 900 g/mol. The molecule has 12 heteroatoms. The molecule has 0 saturated heterocycles. The molecule has 0 amide bonds. The number of hydrogen-bond acceptors (Lipinski definition) is 8. The molecule has 0 aliphatic heterocycles. The van der Waals surface area contributed by atoms with Gasteiger partial charge in [-0.2, -0.15) is 0 Å². The lowest BCUT2D eigenvalue weighted by Gasteiger charge is -2.32. The predicted octanol–water partition coefficient (Wildman–Crippen LogP) is -8.53. The summed E-state index contributed by atoms with van der Waals surface area (Å²) in [6.45, 7) is 0. The average molecular weight is 934 g/mol. The van der Waals surface area contributed by atoms with E-state index in [4.69, 9.17) is 27.5 Å². The van der Waals surface area contributed by atoms with Gasteiger partial charge in [-0.1, -0.05) is 109 Å². The van der Waals surface area contributed by atoms with Crippen LogP contribution in [-0.4, -0.2) is 12.3 Å². The second-order valence-corrected chi connectivity index (χ2v) is 22.4. The Balaban J connectivity index is 0.000000496. The van der Waals surface area contributed by atoms with E-state index in [1.807, 2.05) is 0 Å². The Morgan fingerprint density at radius 3 is 0.500 bits per heavy atom. The fourth-order valence-corrected chi connectivity index (χ4v) is 15.9. The molecule has 0 heterocycles. The number of halogens is 2. The van der Waals surface area contributed by atoms with Crippen LogP contribution in [0.2, 0.25) is 0 Å². The summed E-state index contributed by atoms with van der Waals surface area (Å²) >= 11 is -11.9. The van der Waals surface area contributed by atoms with E-state index in [0.29, 0.717) is 0 Å². The first-order valence-corrected chi connectivity index (χ1v) is 26.2. The van der Waals surface area contributed by atoms with Crippen LogP contribution in [0.15, 0.2) is 182 Å². The van der Waals surface area contributed by atoms with E-state index in [9.17, 15) is 0 Å². The minimum Gasteiger partial charge on any atom is -0.286 e. The van der Waals surface area contributed by atoms with Gasteiger partial charge in [0.1, 0.15) is 98.9 Å². The molecule has 258 valence electrons. The van der Waals surface area contributed by atoms with Crippen LogP contribution in [0.25, 0.3) is 0 Å². The topological polar surface area (TPSA) is 184 Å². The second kappa shape index (κ2) is 18.7. The van der Waals surface area contributed by atoms with Crippen molar-refractivity contribution in [2.45, 2.75) is 0 Å². The summed E-state index contributed by atoms with van der Waals surface area (Å²) in [4.78, 5) is 0. The van der Waals surface area contributed by atoms with Crippen LogP contribution in [-0.2, 0) is 0 Å². The fourth-order valence-electron chi connectivity index (χ4n) is 6.06. The molecule has 0 fully saturated rings. The zero-order valence-electron chi connectivity index (χ0n) is 26.7. The molecule has 0 spiro atoms. The zero-order valence-corrected chi connectivity index (χ0v) is 32.8. The summed E-state index contributed by atoms with van der Waals surface area (Å²) in [5.41, 5.74) is 0. The Bertz CT molecular complexity index is 1490. The third-order valence-electron chi connectivity index (χ3n) is 7.95. The standard InChI is InChI=1S/C38H34P2.2IO4/c1-7-19-33(20-8-1)39(34-21-9-2-10-22-34,35-23-11-3-12-24-35)31-32-40(36-25-13-4-14-26-36,37-27-15-5-16-28-37)38-29-17-6-18-30-38;2*2-1(3,4)5/h1-30H,31-32H2;;/q+2;2*-1. The molecule has 0 aromatic heterocycles. The van der Waals surface area contributed by atoms with E-state index in [0.717, 1.165) is 12.3 Å². The van der Waals surface area contributed by atoms with Gasteiger partial charge in [-0.15, -0.1) is 0 Å². The van der Waals surface area contributed by atoms with Crippen molar-refractivity contribution in [3.63, 3.8) is 0 Å². The summed E-state index contributed by atoms with van der Waals surface area (Å²) in [6.07, 6.45) is 2.16. The van der Waals surface area contributed by atoms with E-state index in [-0.39, 0.29) is 0 Å². The first-order valence-electron chi connectivity index (χ1n) is 15.2. The van der Waals surface area contributed by atoms with Crippen LogP contribution < -0.4 is 99.5 Å². The summed E-state index contributed by atoms with van der Waals surface area (Å²) < 4.78 is 68.9. The molecule has 0 radical (unpaired) electrons. The lowest BCUT2D eigenvalue weighted by molar-refractivity contribution is -2.00. The van der Waals surface area contributed by atoms with Gasteiger partial charge in [0.2, 0.25) is 0 Å². The first-order chi connectivity index (χ1) is 23.8. The molecular formula is C38H34I2O8P2. The van der Waals surface area contributed by atoms with Crippen molar-refractivity contribution in [2.24, 2.45) is 0 Å². The van der Waals surface area contributed by atoms with E-state index >= 15 is 0 Å². The molecule has 0 unspecified atom stereocenters. The maximum Gasteiger partial charge on any atom is 0.144 e. The summed E-state index contributed by atoms with van der Waals surface area (Å²) in [5, 5.41) is 8.66. The normalized spacial score (nSPS) is 11.8. The lowest BCUT2D eigenvalue weighted by atomic mass is 10.4. The van der Waals surface area contributed by atoms with Crippen molar-refractivity contribution in [3.05, 3.63) is 182 Å². The molecule has 0 bridgehead atoms. The van der Waals surface area contributed by atoms with Gasteiger partial charge in [0.15, 0.2) is 0 Å². The smallest absolute Gasteiger partial charge is 0.144 e. The lowest BCUT2D eigenvalue weighted by Crippen LogP contribution is -4.29. The molecule has 6 aromatic rings. The van der Waals surface area contributed by atoms with Gasteiger partial charge in [-0.05, 0) is 72.8 Å².